The van der Waals surface area contributed by atoms with Gasteiger partial charge in [-0.3, -0.25) is 0 Å². The fraction of sp³-hybridized carbons (Fsp3) is 0.328. The van der Waals surface area contributed by atoms with Crippen LogP contribution < -0.4 is 5.32 Å². The number of benzene rings is 6. The first-order chi connectivity index (χ1) is 43.9. The van der Waals surface area contributed by atoms with E-state index in [9.17, 15) is 0 Å². The monoisotopic (exact) mass is 1220 g/mol. The molecule has 2 fully saturated rings. The lowest BCUT2D eigenvalue weighted by Crippen LogP contribution is -2.61. The lowest BCUT2D eigenvalue weighted by Gasteiger charge is -2.45. The summed E-state index contributed by atoms with van der Waals surface area (Å²) in [4.78, 5) is 14.0. The molecule has 22 heteroatoms. The molecular formula is C67H70ClN11O10. The summed E-state index contributed by atoms with van der Waals surface area (Å²) in [5.74, 6) is 0.258. The molecule has 6 heterocycles. The molecule has 0 radical (unpaired) electrons. The summed E-state index contributed by atoms with van der Waals surface area (Å²) in [6, 6.07) is 60.0. The molecule has 0 saturated carbocycles. The Labute approximate surface area is 520 Å². The van der Waals surface area contributed by atoms with E-state index < -0.39 is 61.4 Å². The Morgan fingerprint density at radius 2 is 0.809 bits per heavy atom. The standard InChI is InChI=1S/C67H70ClN11O10/c1-80-65-61(86-43-50-29-17-7-18-30-50)59(84-41-48-25-13-5-14-26-48)57(82-39-46-21-9-3-10-22-46)54(88-65)37-78-35-52(73-75-78)33-69-67-71-63(68)56-64(72-67)77(45-70-56)34-53-36-79(76-74-53)38-55-58(83-40-47-23-11-4-12-24-47)60(85-42-49-27-15-6-16-28-49)62(66(81-2)89-55)87-44-51-31-19-8-20-32-51/h3-32,35-36,45,54-55,57-62,65-66H,33-34,37-44H2,1-2H3,(H,69,71,72)/t54-,55-,57-,58-,59+,60+,61-,62-,65+,66+/m1/s1. The summed E-state index contributed by atoms with van der Waals surface area (Å²) in [7, 11) is 3.21. The molecule has 2 aliphatic heterocycles. The number of halogens is 1. The summed E-state index contributed by atoms with van der Waals surface area (Å²) in [5.41, 5.74) is 8.13. The Morgan fingerprint density at radius 3 is 1.20 bits per heavy atom. The van der Waals surface area contributed by atoms with E-state index in [1.807, 2.05) is 199 Å². The van der Waals surface area contributed by atoms with Crippen molar-refractivity contribution in [3.63, 3.8) is 0 Å². The molecule has 0 bridgehead atoms. The summed E-state index contributed by atoms with van der Waals surface area (Å²) >= 11 is 6.81. The van der Waals surface area contributed by atoms with E-state index in [-0.39, 0.29) is 37.3 Å². The summed E-state index contributed by atoms with van der Waals surface area (Å²) < 4.78 is 71.4. The fourth-order valence-electron chi connectivity index (χ4n) is 11.0. The highest BCUT2D eigenvalue weighted by Gasteiger charge is 2.50. The normalized spacial score (nSPS) is 21.9. The lowest BCUT2D eigenvalue weighted by molar-refractivity contribution is -0.319. The molecule has 0 aliphatic carbocycles. The SMILES string of the molecule is CO[C@H]1O[C@H](Cn2cc(CNc3nc(Cl)c4ncn(Cc5cn(C[C@H]6O[C@H](OC)[C@H](OCc7ccccc7)[C@@H](OCc7ccccc7)[C@@H]6OCc6ccccc6)nn5)c4n3)nn2)[C@@H](OCc2ccccc2)[C@H](OCc2ccccc2)[C@H]1OCc1ccccc1. The van der Waals surface area contributed by atoms with Gasteiger partial charge in [-0.25, -0.2) is 14.3 Å². The van der Waals surface area contributed by atoms with Gasteiger partial charge in [0.25, 0.3) is 0 Å². The second-order valence-electron chi connectivity index (χ2n) is 21.7. The molecule has 0 unspecified atom stereocenters. The van der Waals surface area contributed by atoms with Crippen LogP contribution in [0.5, 0.6) is 0 Å². The van der Waals surface area contributed by atoms with E-state index in [0.29, 0.717) is 62.2 Å². The molecule has 10 aromatic rings. The maximum absolute atomic E-state index is 6.83. The number of nitrogens with zero attached hydrogens (tertiary/aromatic N) is 10. The Kier molecular flexibility index (Phi) is 20.8. The van der Waals surface area contributed by atoms with Crippen LogP contribution in [0, 0.1) is 0 Å². The van der Waals surface area contributed by atoms with E-state index in [1.54, 1.807) is 29.9 Å². The van der Waals surface area contributed by atoms with E-state index in [0.717, 1.165) is 33.4 Å². The van der Waals surface area contributed by atoms with Crippen LogP contribution in [0.4, 0.5) is 5.95 Å². The Balaban J connectivity index is 0.735. The van der Waals surface area contributed by atoms with Crippen LogP contribution in [0.1, 0.15) is 44.8 Å². The fourth-order valence-corrected chi connectivity index (χ4v) is 11.2. The zero-order valence-electron chi connectivity index (χ0n) is 49.3. The quantitative estimate of drug-likeness (QED) is 0.0433. The first kappa shape index (κ1) is 61.1. The van der Waals surface area contributed by atoms with Crippen LogP contribution in [-0.4, -0.2) is 125 Å². The van der Waals surface area contributed by atoms with E-state index >= 15 is 0 Å². The van der Waals surface area contributed by atoms with E-state index in [4.69, 9.17) is 64.0 Å². The number of anilines is 1. The number of fused-ring (bicyclic) bond motifs is 1. The van der Waals surface area contributed by atoms with Crippen molar-refractivity contribution in [2.24, 2.45) is 0 Å². The van der Waals surface area contributed by atoms with Crippen molar-refractivity contribution >= 4 is 28.7 Å². The number of nitrogens with one attached hydrogen (secondary N) is 1. The highest BCUT2D eigenvalue weighted by molar-refractivity contribution is 6.33. The number of imidazole rings is 1. The van der Waals surface area contributed by atoms with Crippen molar-refractivity contribution in [2.45, 2.75) is 127 Å². The molecule has 0 spiro atoms. The van der Waals surface area contributed by atoms with Gasteiger partial charge in [-0.15, -0.1) is 10.2 Å². The minimum absolute atomic E-state index is 0.168. The Bertz CT molecular complexity index is 3730. The van der Waals surface area contributed by atoms with Crippen LogP contribution in [-0.2, 0) is 113 Å². The highest BCUT2D eigenvalue weighted by Crippen LogP contribution is 2.34. The zero-order valence-corrected chi connectivity index (χ0v) is 50.1. The highest BCUT2D eigenvalue weighted by atomic mass is 35.5. The van der Waals surface area contributed by atoms with Gasteiger partial charge >= 0.3 is 0 Å². The van der Waals surface area contributed by atoms with Gasteiger partial charge in [-0.1, -0.05) is 204 Å². The van der Waals surface area contributed by atoms with Crippen LogP contribution in [0.15, 0.2) is 201 Å². The van der Waals surface area contributed by atoms with Gasteiger partial charge in [-0.2, -0.15) is 9.97 Å². The molecule has 6 aromatic carbocycles. The number of aromatic nitrogens is 10. The molecule has 0 amide bonds. The first-order valence-corrected chi connectivity index (χ1v) is 30.0. The zero-order chi connectivity index (χ0) is 60.6. The van der Waals surface area contributed by atoms with Crippen molar-refractivity contribution in [1.29, 1.82) is 0 Å². The van der Waals surface area contributed by atoms with Crippen molar-refractivity contribution in [3.8, 4) is 0 Å². The molecule has 2 aliphatic rings. The van der Waals surface area contributed by atoms with Crippen LogP contribution >= 0.6 is 11.6 Å². The Morgan fingerprint density at radius 1 is 0.449 bits per heavy atom. The van der Waals surface area contributed by atoms with Crippen LogP contribution in [0.2, 0.25) is 5.15 Å². The van der Waals surface area contributed by atoms with Gasteiger partial charge in [0.05, 0.1) is 84.5 Å². The van der Waals surface area contributed by atoms with Gasteiger partial charge in [0.2, 0.25) is 5.95 Å². The lowest BCUT2D eigenvalue weighted by atomic mass is 9.97. The van der Waals surface area contributed by atoms with Gasteiger partial charge < -0.3 is 57.3 Å². The number of hydrogen-bond donors (Lipinski definition) is 1. The minimum atomic E-state index is -0.807. The van der Waals surface area contributed by atoms with Crippen molar-refractivity contribution in [3.05, 3.63) is 251 Å². The van der Waals surface area contributed by atoms with Gasteiger partial charge in [0.1, 0.15) is 65.7 Å². The van der Waals surface area contributed by atoms with Crippen LogP contribution in [0.25, 0.3) is 11.2 Å². The first-order valence-electron chi connectivity index (χ1n) is 29.6. The van der Waals surface area contributed by atoms with Crippen molar-refractivity contribution in [2.75, 3.05) is 19.5 Å². The molecule has 89 heavy (non-hydrogen) atoms. The third-order valence-corrected chi connectivity index (χ3v) is 15.7. The van der Waals surface area contributed by atoms with E-state index in [2.05, 4.69) is 35.9 Å². The molecular weight excluding hydrogens is 1150 g/mol. The number of hydrogen-bond acceptors (Lipinski definition) is 18. The predicted molar refractivity (Wildman–Crippen MR) is 328 cm³/mol. The van der Waals surface area contributed by atoms with Crippen molar-refractivity contribution < 1.29 is 47.4 Å². The van der Waals surface area contributed by atoms with E-state index in [1.165, 1.54) is 0 Å². The number of methoxy groups -OCH3 is 2. The maximum atomic E-state index is 6.83. The molecule has 12 rings (SSSR count). The predicted octanol–water partition coefficient (Wildman–Crippen LogP) is 9.58. The van der Waals surface area contributed by atoms with Gasteiger partial charge in [0, 0.05) is 14.2 Å². The molecule has 1 N–H and O–H groups in total. The summed E-state index contributed by atoms with van der Waals surface area (Å²) in [5, 5.41) is 21.6. The molecule has 460 valence electrons. The Hall–Kier alpha value is -8.16. The average molecular weight is 1220 g/mol. The second-order valence-corrected chi connectivity index (χ2v) is 22.1. The average Bonchev–Trinajstić information content (AvgIpc) is 2.19. The summed E-state index contributed by atoms with van der Waals surface area (Å²) in [6.07, 6.45) is -1.30. The number of rotatable bonds is 29. The molecule has 4 aromatic heterocycles. The largest absolute Gasteiger partial charge is 0.368 e. The minimum Gasteiger partial charge on any atom is -0.368 e. The third kappa shape index (κ3) is 16.0. The van der Waals surface area contributed by atoms with Gasteiger partial charge in [-0.05, 0) is 33.4 Å². The third-order valence-electron chi connectivity index (χ3n) is 15.4. The van der Waals surface area contributed by atoms with Crippen LogP contribution in [0.3, 0.4) is 0 Å². The molecule has 21 nitrogen and oxygen atoms in total. The summed E-state index contributed by atoms with van der Waals surface area (Å²) in [6.45, 7) is 2.81. The molecule has 2 saturated heterocycles. The smallest absolute Gasteiger partial charge is 0.226 e. The molecule has 10 atom stereocenters. The second kappa shape index (κ2) is 30.4. The topological polar surface area (TPSA) is 209 Å². The van der Waals surface area contributed by atoms with Crippen molar-refractivity contribution in [1.82, 2.24) is 49.5 Å². The van der Waals surface area contributed by atoms with Gasteiger partial charge in [0.15, 0.2) is 23.4 Å². The number of ether oxygens (including phenoxy) is 10. The maximum Gasteiger partial charge on any atom is 0.226 e.